The standard InChI is InChI=1S/C21H16Cl2N2O2S.C20H16F3N3O3.C18H22N2.C17H18N2O2.C16H15N3O2.C14H10N4O3/c22-18-10-7-16(11-19(18)23)25-21(27)13-28-17-8-5-15(6-9-17)24-12-14-3-1-2-4-20(14)26;1-27-17-11-18(28-2)26-19(25-17)29-16-9-4-3-6-13(16)12-24-15-8-5-7-14(10-15)20(21,22)23;1-14(2)16-7-5-15(6-8-16)13-19-17-9-11-18(12-10-17)20(3)4;1-12-3-6-15(9-13(12)2)19-10-14-4-7-16(8-5-14)21-11-17(18)20;1-2-21-13-6-3-11(4-7-13)10-17-12-5-8-14-15(9-12)19-16(20)18-14;19-14-16-12-6-3-10(7-13(12)17-14)15-8-9-1-4-11(5-2-9)18(20)21/h1-12,26H,13H2,(H,25,27);3-12H,1-2H3;5-14H,1-4H3;3-10H,11H2,1-2H3,(H2,18,20);3-10H,2H2,1H3,(H2,18,19,20);1-8H,(H2,16,17,19). The van der Waals surface area contributed by atoms with Gasteiger partial charge < -0.3 is 64.7 Å². The Morgan fingerprint density at radius 1 is 0.529 bits per heavy atom. The number of para-hydroxylation sites is 2. The number of imidazole rings is 2. The average Bonchev–Trinajstić information content (AvgIpc) is 1.69. The third kappa shape index (κ3) is 33.6. The van der Waals surface area contributed by atoms with Crippen LogP contribution in [0.3, 0.4) is 0 Å². The van der Waals surface area contributed by atoms with E-state index in [1.807, 2.05) is 130 Å². The number of nitro groups is 1. The zero-order chi connectivity index (χ0) is 100. The maximum absolute atomic E-state index is 12.9. The molecular formula is C106H97Cl2F3N16O12S. The van der Waals surface area contributed by atoms with Gasteiger partial charge in [0.1, 0.15) is 23.0 Å². The number of nitrogens with one attached hydrogen (secondary N) is 5. The van der Waals surface area contributed by atoms with Crippen LogP contribution in [0.15, 0.2) is 342 Å². The van der Waals surface area contributed by atoms with Gasteiger partial charge in [-0.05, 0) is 284 Å². The number of primary amides is 1. The van der Waals surface area contributed by atoms with Crippen molar-refractivity contribution in [2.75, 3.05) is 57.5 Å². The first-order chi connectivity index (χ1) is 67.3. The fourth-order valence-electron chi connectivity index (χ4n) is 12.3. The lowest BCUT2D eigenvalue weighted by molar-refractivity contribution is -0.384. The van der Waals surface area contributed by atoms with Crippen molar-refractivity contribution in [1.29, 1.82) is 0 Å². The van der Waals surface area contributed by atoms with E-state index < -0.39 is 22.6 Å². The van der Waals surface area contributed by atoms with E-state index in [0.29, 0.717) is 67.6 Å². The second kappa shape index (κ2) is 51.7. The largest absolute Gasteiger partial charge is 0.507 e. The molecule has 13 aromatic carbocycles. The summed E-state index contributed by atoms with van der Waals surface area (Å²) in [5.41, 5.74) is 21.7. The molecule has 0 saturated heterocycles. The van der Waals surface area contributed by atoms with Gasteiger partial charge in [-0.2, -0.15) is 23.1 Å². The number of carbonyl (C=O) groups is 2. The number of hydrogen-bond acceptors (Lipinski definition) is 22. The number of methoxy groups -OCH3 is 2. The number of aryl methyl sites for hydroxylation is 2. The van der Waals surface area contributed by atoms with E-state index in [0.717, 1.165) is 78.8 Å². The van der Waals surface area contributed by atoms with Crippen LogP contribution in [0.1, 0.15) is 82.3 Å². The molecular weight excluding hydrogens is 1850 g/mol. The highest BCUT2D eigenvalue weighted by Gasteiger charge is 2.30. The number of H-pyrrole nitrogens is 4. The zero-order valence-corrected chi connectivity index (χ0v) is 79.6. The molecule has 714 valence electrons. The fourth-order valence-corrected chi connectivity index (χ4v) is 13.3. The Hall–Kier alpha value is -16.8. The number of nitro benzene ring substituents is 1. The summed E-state index contributed by atoms with van der Waals surface area (Å²) in [6, 6.07) is 87.3. The van der Waals surface area contributed by atoms with Gasteiger partial charge in [-0.1, -0.05) is 97.7 Å². The van der Waals surface area contributed by atoms with Crippen LogP contribution in [0.5, 0.6) is 40.8 Å². The number of carbonyl (C=O) groups excluding carboxylic acids is 2. The van der Waals surface area contributed by atoms with Gasteiger partial charge in [0, 0.05) is 90.9 Å². The average molecular weight is 1950 g/mol. The summed E-state index contributed by atoms with van der Waals surface area (Å²) in [7, 11) is 6.96. The number of aromatic amines is 4. The van der Waals surface area contributed by atoms with Gasteiger partial charge in [-0.3, -0.25) is 49.7 Å². The monoisotopic (exact) mass is 1940 g/mol. The number of benzene rings is 13. The maximum Gasteiger partial charge on any atom is 0.416 e. The van der Waals surface area contributed by atoms with Crippen molar-refractivity contribution in [3.8, 4) is 40.8 Å². The quantitative estimate of drug-likeness (QED) is 0.0104. The number of aliphatic imine (C=N–C) groups is 6. The van der Waals surface area contributed by atoms with Gasteiger partial charge in [-0.25, -0.2) is 9.59 Å². The molecule has 3 heterocycles. The molecule has 0 bridgehead atoms. The highest BCUT2D eigenvalue weighted by Crippen LogP contribution is 2.34. The number of aromatic nitrogens is 6. The van der Waals surface area contributed by atoms with Crippen molar-refractivity contribution in [2.45, 2.75) is 51.6 Å². The molecule has 140 heavy (non-hydrogen) atoms. The molecule has 34 heteroatoms. The molecule has 8 N–H and O–H groups in total. The van der Waals surface area contributed by atoms with E-state index in [1.165, 1.54) is 84.9 Å². The second-order valence-electron chi connectivity index (χ2n) is 30.8. The lowest BCUT2D eigenvalue weighted by Crippen LogP contribution is -2.19. The lowest BCUT2D eigenvalue weighted by atomic mass is 10.0. The molecule has 0 unspecified atom stereocenters. The predicted molar refractivity (Wildman–Crippen MR) is 554 cm³/mol. The molecule has 0 saturated carbocycles. The smallest absolute Gasteiger partial charge is 0.416 e. The number of ether oxygens (including phenoxy) is 5. The zero-order valence-electron chi connectivity index (χ0n) is 77.2. The molecule has 0 atom stereocenters. The molecule has 0 aliphatic rings. The van der Waals surface area contributed by atoms with Crippen LogP contribution < -0.4 is 51.0 Å². The summed E-state index contributed by atoms with van der Waals surface area (Å²) in [6.45, 7) is 11.0. The Morgan fingerprint density at radius 3 is 1.51 bits per heavy atom. The first-order valence-electron chi connectivity index (χ1n) is 43.2. The summed E-state index contributed by atoms with van der Waals surface area (Å²) in [5, 5.41) is 23.9. The number of alkyl halides is 3. The van der Waals surface area contributed by atoms with Gasteiger partial charge in [0.25, 0.3) is 11.6 Å². The van der Waals surface area contributed by atoms with Gasteiger partial charge in [0.15, 0.2) is 6.61 Å². The van der Waals surface area contributed by atoms with Crippen molar-refractivity contribution >= 4 is 157 Å². The van der Waals surface area contributed by atoms with Crippen LogP contribution >= 0.6 is 35.0 Å². The summed E-state index contributed by atoms with van der Waals surface area (Å²) in [5.74, 6) is 2.72. The van der Waals surface area contributed by atoms with Crippen molar-refractivity contribution in [3.05, 3.63) is 394 Å². The summed E-state index contributed by atoms with van der Waals surface area (Å²) >= 11 is 13.2. The molecule has 28 nitrogen and oxygen atoms in total. The SMILES string of the molecule is CC(C)c1ccc(C=Nc2ccc(N(C)C)cc2)cc1.CCOc1ccc(C=Nc2ccc3[nH]c(=O)[nH]c3c2)cc1.COc1cc(OC)nc(Oc2ccccc2C=Nc2cccc(C(F)(F)F)c2)n1.Cc1ccc(N=Cc2ccc(OCC(N)=O)cc2)cc1C.O=C(CSc1ccc(N=Cc2ccccc2O)cc1)Nc1ccc(Cl)c(Cl)c1.O=c1[nH]c2ccc(N=Cc3ccc([N+](=O)[O-])cc3)cc2[nH]1. The predicted octanol–water partition coefficient (Wildman–Crippen LogP) is 24.3. The number of phenolic OH excluding ortho intramolecular Hbond substituents is 1. The Morgan fingerprint density at radius 2 is 1.00 bits per heavy atom. The third-order valence-electron chi connectivity index (χ3n) is 19.9. The van der Waals surface area contributed by atoms with E-state index in [2.05, 4.69) is 146 Å². The van der Waals surface area contributed by atoms with Crippen LogP contribution in [0.4, 0.5) is 64.4 Å². The Bertz CT molecular complexity index is 7110. The minimum Gasteiger partial charge on any atom is -0.507 e. The van der Waals surface area contributed by atoms with Crippen LogP contribution in [0.25, 0.3) is 22.1 Å². The molecule has 16 aromatic rings. The maximum atomic E-state index is 12.9. The number of non-ortho nitro benzene ring substituents is 1. The van der Waals surface area contributed by atoms with Crippen molar-refractivity contribution in [3.63, 3.8) is 0 Å². The third-order valence-corrected chi connectivity index (χ3v) is 21.6. The van der Waals surface area contributed by atoms with Gasteiger partial charge in [0.05, 0.1) is 109 Å². The van der Waals surface area contributed by atoms with E-state index in [-0.39, 0.29) is 64.5 Å². The lowest BCUT2D eigenvalue weighted by Gasteiger charge is -2.11. The highest BCUT2D eigenvalue weighted by atomic mass is 35.5. The van der Waals surface area contributed by atoms with Crippen molar-refractivity contribution in [2.24, 2.45) is 35.7 Å². The molecule has 16 rings (SSSR count). The minimum absolute atomic E-state index is 0.0129. The first kappa shape index (κ1) is 104. The normalized spacial score (nSPS) is 11.2. The topological polar surface area (TPSA) is 382 Å². The Balaban J connectivity index is 0.000000162. The van der Waals surface area contributed by atoms with Crippen LogP contribution in [0.2, 0.25) is 10.0 Å². The number of rotatable bonds is 28. The molecule has 0 fully saturated rings. The Labute approximate surface area is 818 Å². The van der Waals surface area contributed by atoms with E-state index in [4.69, 9.17) is 52.6 Å². The number of nitrogens with two attached hydrogens (primary N) is 1. The van der Waals surface area contributed by atoms with Crippen molar-refractivity contribution in [1.82, 2.24) is 29.9 Å². The van der Waals surface area contributed by atoms with E-state index in [1.54, 1.807) is 128 Å². The van der Waals surface area contributed by atoms with Crippen LogP contribution in [0, 0.1) is 24.0 Å². The van der Waals surface area contributed by atoms with E-state index in [9.17, 15) is 47.6 Å². The molecule has 3 aromatic heterocycles. The van der Waals surface area contributed by atoms with Crippen LogP contribution in [-0.2, 0) is 15.8 Å². The van der Waals surface area contributed by atoms with E-state index >= 15 is 0 Å². The van der Waals surface area contributed by atoms with Gasteiger partial charge >= 0.3 is 23.6 Å². The molecule has 0 aliphatic carbocycles. The first-order valence-corrected chi connectivity index (χ1v) is 44.9. The summed E-state index contributed by atoms with van der Waals surface area (Å²) in [6.07, 6.45) is 5.67. The fraction of sp³-hybridized carbons (Fsp3) is 0.132. The second-order valence-corrected chi connectivity index (χ2v) is 32.6. The van der Waals surface area contributed by atoms with Crippen LogP contribution in [-0.4, -0.2) is 136 Å². The number of anilines is 2. The highest BCUT2D eigenvalue weighted by molar-refractivity contribution is 8.00. The van der Waals surface area contributed by atoms with Crippen molar-refractivity contribution < 1.29 is 56.5 Å². The summed E-state index contributed by atoms with van der Waals surface area (Å²) < 4.78 is 65.0. The number of phenols is 1. The molecule has 0 spiro atoms. The number of thioether (sulfide) groups is 1. The minimum atomic E-state index is -4.44. The Kier molecular flexibility index (Phi) is 38.3. The summed E-state index contributed by atoms with van der Waals surface area (Å²) in [4.78, 5) is 103. The molecule has 0 aliphatic heterocycles. The number of fused-ring (bicyclic) bond motifs is 2. The molecule has 0 radical (unpaired) electrons. The number of amides is 2. The number of aromatic hydroxyl groups is 1. The van der Waals surface area contributed by atoms with Gasteiger partial charge in [-0.15, -0.1) is 11.8 Å². The molecule has 2 amide bonds. The number of halogens is 5. The number of hydrogen-bond donors (Lipinski definition) is 7. The van der Waals surface area contributed by atoms with Gasteiger partial charge in [0.2, 0.25) is 17.7 Å². The number of nitrogens with zero attached hydrogens (tertiary/aromatic N) is 10.